The van der Waals surface area contributed by atoms with E-state index in [0.29, 0.717) is 0 Å². The molecule has 120 valence electrons. The Hall–Kier alpha value is -0.810. The molecule has 20 heavy (non-hydrogen) atoms. The molecule has 0 aliphatic heterocycles. The molecule has 0 atom stereocenters. The Balaban J connectivity index is 3.68. The molecule has 0 unspecified atom stereocenters. The maximum absolute atomic E-state index is 5.02. The fourth-order valence-electron chi connectivity index (χ4n) is 2.12. The minimum atomic E-state index is 0.785. The van der Waals surface area contributed by atoms with Gasteiger partial charge in [0.15, 0.2) is 5.96 Å². The van der Waals surface area contributed by atoms with Gasteiger partial charge in [0.1, 0.15) is 0 Å². The lowest BCUT2D eigenvalue weighted by Crippen LogP contribution is -2.39. The van der Waals surface area contributed by atoms with Gasteiger partial charge in [0.2, 0.25) is 0 Å². The average molecular weight is 286 g/mol. The van der Waals surface area contributed by atoms with Gasteiger partial charge in [-0.25, -0.2) is 0 Å². The van der Waals surface area contributed by atoms with E-state index in [4.69, 9.17) is 4.74 Å². The lowest BCUT2D eigenvalue weighted by Gasteiger charge is -2.21. The van der Waals surface area contributed by atoms with E-state index in [1.807, 2.05) is 7.05 Å². The van der Waals surface area contributed by atoms with Crippen molar-refractivity contribution in [3.63, 3.8) is 0 Å². The van der Waals surface area contributed by atoms with E-state index in [9.17, 15) is 0 Å². The number of methoxy groups -OCH3 is 1. The van der Waals surface area contributed by atoms with Gasteiger partial charge < -0.3 is 20.3 Å². The van der Waals surface area contributed by atoms with E-state index in [2.05, 4.69) is 34.4 Å². The monoisotopic (exact) mass is 286 g/mol. The molecule has 0 radical (unpaired) electrons. The van der Waals surface area contributed by atoms with Crippen LogP contribution in [0.1, 0.15) is 39.5 Å². The van der Waals surface area contributed by atoms with Crippen molar-refractivity contribution >= 4 is 5.96 Å². The summed E-state index contributed by atoms with van der Waals surface area (Å²) in [7, 11) is 3.54. The van der Waals surface area contributed by atoms with Crippen molar-refractivity contribution in [3.05, 3.63) is 0 Å². The van der Waals surface area contributed by atoms with E-state index in [0.717, 1.165) is 45.0 Å². The molecule has 0 spiro atoms. The summed E-state index contributed by atoms with van der Waals surface area (Å²) < 4.78 is 5.02. The quantitative estimate of drug-likeness (QED) is 0.326. The molecule has 0 aliphatic rings. The van der Waals surface area contributed by atoms with Crippen LogP contribution < -0.4 is 10.6 Å². The molecule has 0 aromatic heterocycles. The first-order valence-corrected chi connectivity index (χ1v) is 7.94. The molecule has 0 heterocycles. The SMILES string of the molecule is CCCN(CCC)CCCNC(=NC)NCCCOC. The molecule has 5 heteroatoms. The van der Waals surface area contributed by atoms with Gasteiger partial charge in [-0.3, -0.25) is 4.99 Å². The number of guanidine groups is 1. The summed E-state index contributed by atoms with van der Waals surface area (Å²) in [6, 6.07) is 0. The van der Waals surface area contributed by atoms with Crippen LogP contribution in [0.25, 0.3) is 0 Å². The van der Waals surface area contributed by atoms with Crippen LogP contribution in [0.3, 0.4) is 0 Å². The van der Waals surface area contributed by atoms with Crippen molar-refractivity contribution in [2.24, 2.45) is 4.99 Å². The van der Waals surface area contributed by atoms with E-state index >= 15 is 0 Å². The van der Waals surface area contributed by atoms with Gasteiger partial charge in [-0.1, -0.05) is 13.8 Å². The van der Waals surface area contributed by atoms with Crippen LogP contribution in [0, 0.1) is 0 Å². The van der Waals surface area contributed by atoms with Gasteiger partial charge in [-0.15, -0.1) is 0 Å². The van der Waals surface area contributed by atoms with Crippen molar-refractivity contribution < 1.29 is 4.74 Å². The summed E-state index contributed by atoms with van der Waals surface area (Å²) in [6.45, 7) is 10.7. The molecule has 5 nitrogen and oxygen atoms in total. The highest BCUT2D eigenvalue weighted by Crippen LogP contribution is 1.95. The molecule has 0 amide bonds. The highest BCUT2D eigenvalue weighted by molar-refractivity contribution is 5.79. The van der Waals surface area contributed by atoms with Crippen molar-refractivity contribution in [2.75, 3.05) is 53.5 Å². The first-order valence-electron chi connectivity index (χ1n) is 7.94. The minimum absolute atomic E-state index is 0.785. The number of hydrogen-bond donors (Lipinski definition) is 2. The van der Waals surface area contributed by atoms with E-state index in [-0.39, 0.29) is 0 Å². The van der Waals surface area contributed by atoms with Gasteiger partial charge in [-0.05, 0) is 45.3 Å². The topological polar surface area (TPSA) is 48.9 Å². The van der Waals surface area contributed by atoms with Crippen LogP contribution in [0.15, 0.2) is 4.99 Å². The zero-order chi connectivity index (χ0) is 15.1. The summed E-state index contributed by atoms with van der Waals surface area (Å²) in [4.78, 5) is 6.75. The Labute approximate surface area is 125 Å². The Kier molecular flexibility index (Phi) is 14.0. The zero-order valence-corrected chi connectivity index (χ0v) is 13.9. The smallest absolute Gasteiger partial charge is 0.190 e. The Morgan fingerprint density at radius 1 is 1.00 bits per heavy atom. The summed E-state index contributed by atoms with van der Waals surface area (Å²) in [5.74, 6) is 0.888. The molecule has 0 bridgehead atoms. The van der Waals surface area contributed by atoms with Gasteiger partial charge in [0.25, 0.3) is 0 Å². The molecule has 0 fully saturated rings. The zero-order valence-electron chi connectivity index (χ0n) is 13.9. The molecule has 2 N–H and O–H groups in total. The number of aliphatic imine (C=N–C) groups is 1. The summed E-state index contributed by atoms with van der Waals surface area (Å²) >= 11 is 0. The second-order valence-electron chi connectivity index (χ2n) is 4.97. The Morgan fingerprint density at radius 2 is 1.60 bits per heavy atom. The lowest BCUT2D eigenvalue weighted by atomic mass is 10.3. The second-order valence-corrected chi connectivity index (χ2v) is 4.97. The average Bonchev–Trinajstić information content (AvgIpc) is 2.46. The van der Waals surface area contributed by atoms with Gasteiger partial charge in [0, 0.05) is 33.9 Å². The van der Waals surface area contributed by atoms with E-state index < -0.39 is 0 Å². The van der Waals surface area contributed by atoms with E-state index in [1.54, 1.807) is 7.11 Å². The first-order chi connectivity index (χ1) is 9.78. The number of ether oxygens (including phenoxy) is 1. The van der Waals surface area contributed by atoms with Gasteiger partial charge in [0.05, 0.1) is 0 Å². The largest absolute Gasteiger partial charge is 0.385 e. The highest BCUT2D eigenvalue weighted by atomic mass is 16.5. The van der Waals surface area contributed by atoms with Crippen LogP contribution in [0.5, 0.6) is 0 Å². The van der Waals surface area contributed by atoms with Crippen molar-refractivity contribution in [1.29, 1.82) is 0 Å². The van der Waals surface area contributed by atoms with E-state index in [1.165, 1.54) is 25.9 Å². The molecule has 0 aromatic carbocycles. The maximum Gasteiger partial charge on any atom is 0.190 e. The van der Waals surface area contributed by atoms with Gasteiger partial charge >= 0.3 is 0 Å². The predicted molar refractivity (Wildman–Crippen MR) is 87.5 cm³/mol. The van der Waals surface area contributed by atoms with Crippen LogP contribution in [-0.2, 0) is 4.74 Å². The van der Waals surface area contributed by atoms with Crippen LogP contribution in [0.2, 0.25) is 0 Å². The number of rotatable bonds is 12. The molecule has 0 rings (SSSR count). The van der Waals surface area contributed by atoms with Crippen LogP contribution in [0.4, 0.5) is 0 Å². The standard InChI is InChI=1S/C15H34N4O/c1-5-11-19(12-6-2)13-7-9-17-15(16-3)18-10-8-14-20-4/h5-14H2,1-4H3,(H2,16,17,18). The number of nitrogens with one attached hydrogen (secondary N) is 2. The molecule has 0 saturated carbocycles. The third-order valence-electron chi connectivity index (χ3n) is 3.06. The normalized spacial score (nSPS) is 11.9. The Bertz CT molecular complexity index is 228. The fourth-order valence-corrected chi connectivity index (χ4v) is 2.12. The summed E-state index contributed by atoms with van der Waals surface area (Å²) in [6.07, 6.45) is 4.61. The summed E-state index contributed by atoms with van der Waals surface area (Å²) in [5.41, 5.74) is 0. The molecular formula is C15H34N4O. The molecule has 0 aliphatic carbocycles. The van der Waals surface area contributed by atoms with Gasteiger partial charge in [-0.2, -0.15) is 0 Å². The fraction of sp³-hybridized carbons (Fsp3) is 0.933. The maximum atomic E-state index is 5.02. The molecule has 0 aromatic rings. The third-order valence-corrected chi connectivity index (χ3v) is 3.06. The molecule has 0 saturated heterocycles. The minimum Gasteiger partial charge on any atom is -0.385 e. The number of hydrogen-bond acceptors (Lipinski definition) is 3. The number of nitrogens with zero attached hydrogens (tertiary/aromatic N) is 2. The third kappa shape index (κ3) is 11.1. The second kappa shape index (κ2) is 14.6. The lowest BCUT2D eigenvalue weighted by molar-refractivity contribution is 0.195. The van der Waals surface area contributed by atoms with Crippen molar-refractivity contribution in [3.8, 4) is 0 Å². The first kappa shape index (κ1) is 19.2. The summed E-state index contributed by atoms with van der Waals surface area (Å²) in [5, 5.41) is 6.65. The van der Waals surface area contributed by atoms with Crippen molar-refractivity contribution in [2.45, 2.75) is 39.5 Å². The van der Waals surface area contributed by atoms with Crippen molar-refractivity contribution in [1.82, 2.24) is 15.5 Å². The Morgan fingerprint density at radius 3 is 2.10 bits per heavy atom. The molecular weight excluding hydrogens is 252 g/mol. The van der Waals surface area contributed by atoms with Crippen LogP contribution in [-0.4, -0.2) is 64.3 Å². The van der Waals surface area contributed by atoms with Crippen LogP contribution >= 0.6 is 0 Å². The highest BCUT2D eigenvalue weighted by Gasteiger charge is 2.02. The predicted octanol–water partition coefficient (Wildman–Crippen LogP) is 1.70.